The highest BCUT2D eigenvalue weighted by molar-refractivity contribution is 5.78. The molecule has 1 atom stereocenters. The predicted octanol–water partition coefficient (Wildman–Crippen LogP) is 1.05. The molecule has 5 heteroatoms. The maximum atomic E-state index is 5.54. The van der Waals surface area contributed by atoms with Crippen molar-refractivity contribution in [2.24, 2.45) is 0 Å². The highest BCUT2D eigenvalue weighted by Crippen LogP contribution is 2.18. The van der Waals surface area contributed by atoms with Crippen molar-refractivity contribution in [3.8, 4) is 0 Å². The smallest absolute Gasteiger partial charge is 0.226 e. The maximum Gasteiger partial charge on any atom is 0.226 e. The van der Waals surface area contributed by atoms with E-state index < -0.39 is 0 Å². The van der Waals surface area contributed by atoms with Crippen molar-refractivity contribution in [3.05, 3.63) is 30.5 Å². The number of fused-ring (bicyclic) bond motifs is 1. The molecule has 0 amide bonds. The Kier molecular flexibility index (Phi) is 3.57. The molecule has 1 aliphatic heterocycles. The predicted molar refractivity (Wildman–Crippen MR) is 75.4 cm³/mol. The van der Waals surface area contributed by atoms with Crippen LogP contribution in [-0.2, 0) is 4.74 Å². The van der Waals surface area contributed by atoms with Crippen molar-refractivity contribution >= 4 is 16.9 Å². The monoisotopic (exact) mass is 258 g/mol. The Bertz CT molecular complexity index is 558. The molecular weight excluding hydrogens is 240 g/mol. The normalized spacial score (nSPS) is 19.8. The van der Waals surface area contributed by atoms with Gasteiger partial charge in [0.05, 0.1) is 24.8 Å². The van der Waals surface area contributed by atoms with Gasteiger partial charge in [0.15, 0.2) is 0 Å². The van der Waals surface area contributed by atoms with Gasteiger partial charge in [-0.3, -0.25) is 0 Å². The highest BCUT2D eigenvalue weighted by atomic mass is 16.5. The molecule has 1 aromatic heterocycles. The quantitative estimate of drug-likeness (QED) is 0.892. The largest absolute Gasteiger partial charge is 0.377 e. The summed E-state index contributed by atoms with van der Waals surface area (Å²) in [6.07, 6.45) is 1.89. The van der Waals surface area contributed by atoms with Crippen LogP contribution in [0.4, 0.5) is 5.95 Å². The van der Waals surface area contributed by atoms with Crippen molar-refractivity contribution in [2.75, 3.05) is 38.3 Å². The van der Waals surface area contributed by atoms with Crippen LogP contribution < -0.4 is 10.2 Å². The van der Waals surface area contributed by atoms with Crippen molar-refractivity contribution in [3.63, 3.8) is 0 Å². The van der Waals surface area contributed by atoms with Crippen molar-refractivity contribution in [2.45, 2.75) is 6.04 Å². The number of benzene rings is 1. The third kappa shape index (κ3) is 2.52. The third-order valence-electron chi connectivity index (χ3n) is 3.40. The molecule has 0 spiro atoms. The van der Waals surface area contributed by atoms with Crippen LogP contribution in [0.1, 0.15) is 0 Å². The zero-order valence-corrected chi connectivity index (χ0v) is 11.0. The number of nitrogens with zero attached hydrogens (tertiary/aromatic N) is 3. The first-order valence-corrected chi connectivity index (χ1v) is 6.59. The summed E-state index contributed by atoms with van der Waals surface area (Å²) in [5.41, 5.74) is 0.988. The fourth-order valence-corrected chi connectivity index (χ4v) is 2.42. The van der Waals surface area contributed by atoms with Gasteiger partial charge >= 0.3 is 0 Å². The molecule has 19 heavy (non-hydrogen) atoms. The van der Waals surface area contributed by atoms with Gasteiger partial charge < -0.3 is 15.0 Å². The van der Waals surface area contributed by atoms with Crippen LogP contribution in [0, 0.1) is 0 Å². The minimum absolute atomic E-state index is 0.292. The van der Waals surface area contributed by atoms with Gasteiger partial charge in [-0.25, -0.2) is 9.97 Å². The Balaban J connectivity index is 1.92. The first-order valence-electron chi connectivity index (χ1n) is 6.59. The molecule has 1 fully saturated rings. The Morgan fingerprint density at radius 3 is 3.21 bits per heavy atom. The second kappa shape index (κ2) is 5.50. The van der Waals surface area contributed by atoms with E-state index in [-0.39, 0.29) is 0 Å². The molecule has 2 aromatic rings. The van der Waals surface area contributed by atoms with Gasteiger partial charge in [-0.05, 0) is 13.1 Å². The number of rotatable bonds is 3. The average molecular weight is 258 g/mol. The average Bonchev–Trinajstić information content (AvgIpc) is 2.48. The van der Waals surface area contributed by atoms with Gasteiger partial charge in [-0.2, -0.15) is 0 Å². The zero-order chi connectivity index (χ0) is 13.1. The summed E-state index contributed by atoms with van der Waals surface area (Å²) in [6, 6.07) is 8.35. The van der Waals surface area contributed by atoms with E-state index >= 15 is 0 Å². The number of ether oxygens (including phenoxy) is 1. The summed E-state index contributed by atoms with van der Waals surface area (Å²) >= 11 is 0. The van der Waals surface area contributed by atoms with E-state index in [0.717, 1.165) is 43.2 Å². The number of morpholine rings is 1. The van der Waals surface area contributed by atoms with Crippen LogP contribution in [0.5, 0.6) is 0 Å². The van der Waals surface area contributed by atoms with E-state index in [1.807, 2.05) is 37.5 Å². The molecule has 1 aromatic carbocycles. The van der Waals surface area contributed by atoms with Gasteiger partial charge in [0.1, 0.15) is 0 Å². The lowest BCUT2D eigenvalue weighted by Crippen LogP contribution is -2.50. The summed E-state index contributed by atoms with van der Waals surface area (Å²) in [4.78, 5) is 11.4. The molecule has 1 unspecified atom stereocenters. The molecule has 0 saturated carbocycles. The molecule has 100 valence electrons. The second-order valence-electron chi connectivity index (χ2n) is 4.71. The number of para-hydroxylation sites is 1. The van der Waals surface area contributed by atoms with Crippen LogP contribution in [0.15, 0.2) is 30.5 Å². The summed E-state index contributed by atoms with van der Waals surface area (Å²) in [7, 11) is 1.95. The first-order chi connectivity index (χ1) is 9.38. The van der Waals surface area contributed by atoms with Gasteiger partial charge in [0.2, 0.25) is 5.95 Å². The van der Waals surface area contributed by atoms with E-state index in [1.54, 1.807) is 0 Å². The molecule has 2 heterocycles. The Morgan fingerprint density at radius 1 is 1.42 bits per heavy atom. The van der Waals surface area contributed by atoms with E-state index in [1.165, 1.54) is 0 Å². The maximum absolute atomic E-state index is 5.54. The Labute approximate surface area is 112 Å². The molecular formula is C14H18N4O. The molecule has 1 saturated heterocycles. The number of likely N-dealkylation sites (N-methyl/N-ethyl adjacent to an activating group) is 1. The SMILES string of the molecule is CNCC1COCCN1c1ncc2ccccc2n1. The molecule has 3 rings (SSSR count). The van der Waals surface area contributed by atoms with Crippen molar-refractivity contribution in [1.29, 1.82) is 0 Å². The topological polar surface area (TPSA) is 50.3 Å². The van der Waals surface area contributed by atoms with Crippen LogP contribution in [0.2, 0.25) is 0 Å². The number of hydrogen-bond acceptors (Lipinski definition) is 5. The van der Waals surface area contributed by atoms with Crippen LogP contribution in [-0.4, -0.2) is 49.4 Å². The van der Waals surface area contributed by atoms with Crippen LogP contribution in [0.3, 0.4) is 0 Å². The molecule has 1 N–H and O–H groups in total. The number of aromatic nitrogens is 2. The lowest BCUT2D eigenvalue weighted by Gasteiger charge is -2.35. The van der Waals surface area contributed by atoms with Crippen molar-refractivity contribution < 1.29 is 4.74 Å². The van der Waals surface area contributed by atoms with Crippen molar-refractivity contribution in [1.82, 2.24) is 15.3 Å². The van der Waals surface area contributed by atoms with Crippen LogP contribution >= 0.6 is 0 Å². The standard InChI is InChI=1S/C14H18N4O/c1-15-9-12-10-19-7-6-18(12)14-16-8-11-4-2-3-5-13(11)17-14/h2-5,8,12,15H,6-7,9-10H2,1H3. The zero-order valence-electron chi connectivity index (χ0n) is 11.0. The van der Waals surface area contributed by atoms with Gasteiger partial charge in [-0.1, -0.05) is 18.2 Å². The number of nitrogens with one attached hydrogen (secondary N) is 1. The molecule has 0 aliphatic carbocycles. The van der Waals surface area contributed by atoms with E-state index in [0.29, 0.717) is 6.04 Å². The summed E-state index contributed by atoms with van der Waals surface area (Å²) in [6.45, 7) is 3.16. The van der Waals surface area contributed by atoms with E-state index in [4.69, 9.17) is 4.74 Å². The highest BCUT2D eigenvalue weighted by Gasteiger charge is 2.24. The summed E-state index contributed by atoms with van der Waals surface area (Å²) in [5, 5.41) is 4.27. The second-order valence-corrected chi connectivity index (χ2v) is 4.71. The van der Waals surface area contributed by atoms with Gasteiger partial charge in [0.25, 0.3) is 0 Å². The lowest BCUT2D eigenvalue weighted by atomic mass is 10.2. The molecule has 5 nitrogen and oxygen atoms in total. The summed E-state index contributed by atoms with van der Waals surface area (Å²) in [5.74, 6) is 0.794. The fraction of sp³-hybridized carbons (Fsp3) is 0.429. The minimum atomic E-state index is 0.292. The molecule has 0 radical (unpaired) electrons. The minimum Gasteiger partial charge on any atom is -0.377 e. The third-order valence-corrected chi connectivity index (χ3v) is 3.40. The fourth-order valence-electron chi connectivity index (χ4n) is 2.42. The van der Waals surface area contributed by atoms with Gasteiger partial charge in [0, 0.05) is 24.7 Å². The molecule has 1 aliphatic rings. The van der Waals surface area contributed by atoms with Crippen LogP contribution in [0.25, 0.3) is 10.9 Å². The summed E-state index contributed by atoms with van der Waals surface area (Å²) < 4.78 is 5.54. The number of hydrogen-bond donors (Lipinski definition) is 1. The lowest BCUT2D eigenvalue weighted by molar-refractivity contribution is 0.0935. The Morgan fingerprint density at radius 2 is 2.32 bits per heavy atom. The number of anilines is 1. The Hall–Kier alpha value is -1.72. The van der Waals surface area contributed by atoms with E-state index in [2.05, 4.69) is 20.2 Å². The first kappa shape index (κ1) is 12.3. The van der Waals surface area contributed by atoms with E-state index in [9.17, 15) is 0 Å². The van der Waals surface area contributed by atoms with Gasteiger partial charge in [-0.15, -0.1) is 0 Å². The molecule has 0 bridgehead atoms.